The number of Topliss-reactive ketones (excluding diaryl/α,β-unsaturated/α-hetero) is 2. The minimum atomic E-state index is -1.08. The molecule has 20 heavy (non-hydrogen) atoms. The maximum absolute atomic E-state index is 11.6. The molecule has 4 heteroatoms. The fourth-order valence-electron chi connectivity index (χ4n) is 1.50. The van der Waals surface area contributed by atoms with E-state index in [-0.39, 0.29) is 18.4 Å². The first-order chi connectivity index (χ1) is 9.29. The summed E-state index contributed by atoms with van der Waals surface area (Å²) in [6.07, 6.45) is 0.631. The van der Waals surface area contributed by atoms with Gasteiger partial charge in [0.2, 0.25) is 5.78 Å². The van der Waals surface area contributed by atoms with Crippen LogP contribution in [0.4, 0.5) is 0 Å². The zero-order chi connectivity index (χ0) is 15.2. The lowest BCUT2D eigenvalue weighted by Gasteiger charge is -2.16. The predicted octanol–water partition coefficient (Wildman–Crippen LogP) is 2.69. The molecule has 0 spiro atoms. The number of esters is 1. The standard InChI is InChI=1S/C16H20O4/c1-16(2,3)10-9-13(17)14(18)15(19)20-11-12-7-5-4-6-8-12/h4-8H,9-11H2,1-3H3. The third-order valence-electron chi connectivity index (χ3n) is 2.75. The van der Waals surface area contributed by atoms with Crippen LogP contribution in [-0.2, 0) is 25.7 Å². The quantitative estimate of drug-likeness (QED) is 0.455. The van der Waals surface area contributed by atoms with E-state index >= 15 is 0 Å². The summed E-state index contributed by atoms with van der Waals surface area (Å²) in [5.74, 6) is -2.82. The zero-order valence-electron chi connectivity index (χ0n) is 12.1. The molecular formula is C16H20O4. The molecule has 0 aliphatic heterocycles. The first kappa shape index (κ1) is 16.1. The summed E-state index contributed by atoms with van der Waals surface area (Å²) >= 11 is 0. The van der Waals surface area contributed by atoms with E-state index in [4.69, 9.17) is 4.74 Å². The van der Waals surface area contributed by atoms with Gasteiger partial charge in [0.15, 0.2) is 0 Å². The maximum atomic E-state index is 11.6. The number of hydrogen-bond donors (Lipinski definition) is 0. The molecule has 0 atom stereocenters. The van der Waals surface area contributed by atoms with Gasteiger partial charge in [-0.1, -0.05) is 51.1 Å². The van der Waals surface area contributed by atoms with E-state index < -0.39 is 17.5 Å². The van der Waals surface area contributed by atoms with Crippen molar-refractivity contribution in [3.63, 3.8) is 0 Å². The molecule has 108 valence electrons. The summed E-state index contributed by atoms with van der Waals surface area (Å²) in [7, 11) is 0. The van der Waals surface area contributed by atoms with Crippen molar-refractivity contribution < 1.29 is 19.1 Å². The van der Waals surface area contributed by atoms with E-state index in [0.717, 1.165) is 5.56 Å². The topological polar surface area (TPSA) is 60.4 Å². The van der Waals surface area contributed by atoms with Crippen LogP contribution in [-0.4, -0.2) is 17.5 Å². The maximum Gasteiger partial charge on any atom is 0.383 e. The molecule has 0 aliphatic rings. The van der Waals surface area contributed by atoms with Crippen molar-refractivity contribution >= 4 is 17.5 Å². The van der Waals surface area contributed by atoms with Crippen LogP contribution in [0.15, 0.2) is 30.3 Å². The highest BCUT2D eigenvalue weighted by Gasteiger charge is 2.25. The van der Waals surface area contributed by atoms with Gasteiger partial charge in [0.25, 0.3) is 0 Å². The molecule has 4 nitrogen and oxygen atoms in total. The molecule has 0 aliphatic carbocycles. The van der Waals surface area contributed by atoms with Crippen LogP contribution < -0.4 is 0 Å². The Balaban J connectivity index is 2.43. The summed E-state index contributed by atoms with van der Waals surface area (Å²) in [4.78, 5) is 34.6. The second-order valence-electron chi connectivity index (χ2n) is 5.87. The molecule has 0 saturated carbocycles. The summed E-state index contributed by atoms with van der Waals surface area (Å²) in [6.45, 7) is 5.91. The highest BCUT2D eigenvalue weighted by atomic mass is 16.5. The molecule has 0 bridgehead atoms. The second-order valence-corrected chi connectivity index (χ2v) is 5.87. The van der Waals surface area contributed by atoms with Crippen molar-refractivity contribution in [3.8, 4) is 0 Å². The Morgan fingerprint density at radius 3 is 2.20 bits per heavy atom. The molecule has 0 heterocycles. The van der Waals surface area contributed by atoms with Crippen LogP contribution in [0.1, 0.15) is 39.2 Å². The van der Waals surface area contributed by atoms with Crippen LogP contribution in [0, 0.1) is 5.41 Å². The van der Waals surface area contributed by atoms with Gasteiger partial charge >= 0.3 is 11.8 Å². The normalized spacial score (nSPS) is 10.9. The van der Waals surface area contributed by atoms with E-state index in [0.29, 0.717) is 6.42 Å². The van der Waals surface area contributed by atoms with Gasteiger partial charge in [0.1, 0.15) is 6.61 Å². The molecule has 0 fully saturated rings. The smallest absolute Gasteiger partial charge is 0.383 e. The Bertz CT molecular complexity index is 483. The molecule has 0 saturated heterocycles. The molecule has 0 unspecified atom stereocenters. The molecule has 1 aromatic carbocycles. The van der Waals surface area contributed by atoms with Gasteiger partial charge in [0, 0.05) is 6.42 Å². The Morgan fingerprint density at radius 2 is 1.65 bits per heavy atom. The fraction of sp³-hybridized carbons (Fsp3) is 0.438. The van der Waals surface area contributed by atoms with Crippen LogP contribution in [0.25, 0.3) is 0 Å². The Morgan fingerprint density at radius 1 is 1.05 bits per heavy atom. The van der Waals surface area contributed by atoms with Crippen LogP contribution in [0.3, 0.4) is 0 Å². The molecule has 0 radical (unpaired) electrons. The van der Waals surface area contributed by atoms with E-state index in [1.807, 2.05) is 26.8 Å². The lowest BCUT2D eigenvalue weighted by molar-refractivity contribution is -0.157. The van der Waals surface area contributed by atoms with Gasteiger partial charge in [-0.3, -0.25) is 9.59 Å². The number of hydrogen-bond acceptors (Lipinski definition) is 4. The number of ether oxygens (including phenoxy) is 1. The molecule has 1 aromatic rings. The van der Waals surface area contributed by atoms with E-state index in [9.17, 15) is 14.4 Å². The Labute approximate surface area is 119 Å². The molecular weight excluding hydrogens is 256 g/mol. The second kappa shape index (κ2) is 6.98. The van der Waals surface area contributed by atoms with E-state index in [1.165, 1.54) is 0 Å². The van der Waals surface area contributed by atoms with Crippen molar-refractivity contribution in [2.24, 2.45) is 5.41 Å². The van der Waals surface area contributed by atoms with Crippen molar-refractivity contribution in [2.75, 3.05) is 0 Å². The van der Waals surface area contributed by atoms with Crippen molar-refractivity contribution in [2.45, 2.75) is 40.2 Å². The van der Waals surface area contributed by atoms with Crippen molar-refractivity contribution in [3.05, 3.63) is 35.9 Å². The average molecular weight is 276 g/mol. The van der Waals surface area contributed by atoms with Gasteiger partial charge < -0.3 is 4.74 Å². The first-order valence-corrected chi connectivity index (χ1v) is 6.58. The lowest BCUT2D eigenvalue weighted by atomic mass is 9.89. The van der Waals surface area contributed by atoms with E-state index in [1.54, 1.807) is 24.3 Å². The predicted molar refractivity (Wildman–Crippen MR) is 74.9 cm³/mol. The molecule has 0 amide bonds. The minimum Gasteiger partial charge on any atom is -0.455 e. The third-order valence-corrected chi connectivity index (χ3v) is 2.75. The molecule has 0 N–H and O–H groups in total. The van der Waals surface area contributed by atoms with Gasteiger partial charge in [-0.2, -0.15) is 0 Å². The number of carbonyl (C=O) groups is 3. The highest BCUT2D eigenvalue weighted by Crippen LogP contribution is 2.20. The van der Waals surface area contributed by atoms with Gasteiger partial charge in [-0.15, -0.1) is 0 Å². The number of rotatable bonds is 6. The van der Waals surface area contributed by atoms with Crippen LogP contribution in [0.2, 0.25) is 0 Å². The third kappa shape index (κ3) is 5.78. The van der Waals surface area contributed by atoms with Gasteiger partial charge in [0.05, 0.1) is 0 Å². The van der Waals surface area contributed by atoms with Gasteiger partial charge in [-0.25, -0.2) is 4.79 Å². The van der Waals surface area contributed by atoms with Gasteiger partial charge in [-0.05, 0) is 17.4 Å². The average Bonchev–Trinajstić information content (AvgIpc) is 2.41. The van der Waals surface area contributed by atoms with Crippen LogP contribution in [0.5, 0.6) is 0 Å². The Hall–Kier alpha value is -1.97. The monoisotopic (exact) mass is 276 g/mol. The fourth-order valence-corrected chi connectivity index (χ4v) is 1.50. The van der Waals surface area contributed by atoms with Crippen LogP contribution >= 0.6 is 0 Å². The largest absolute Gasteiger partial charge is 0.455 e. The summed E-state index contributed by atoms with van der Waals surface area (Å²) < 4.78 is 4.83. The van der Waals surface area contributed by atoms with E-state index in [2.05, 4.69) is 0 Å². The Kier molecular flexibility index (Phi) is 5.62. The molecule has 0 aromatic heterocycles. The molecule has 1 rings (SSSR count). The van der Waals surface area contributed by atoms with Crippen molar-refractivity contribution in [1.82, 2.24) is 0 Å². The summed E-state index contributed by atoms with van der Waals surface area (Å²) in [5, 5.41) is 0. The summed E-state index contributed by atoms with van der Waals surface area (Å²) in [5.41, 5.74) is 0.722. The lowest BCUT2D eigenvalue weighted by Crippen LogP contribution is -2.26. The number of carbonyl (C=O) groups excluding carboxylic acids is 3. The number of benzene rings is 1. The van der Waals surface area contributed by atoms with Crippen molar-refractivity contribution in [1.29, 1.82) is 0 Å². The zero-order valence-corrected chi connectivity index (χ0v) is 12.1. The minimum absolute atomic E-state index is 0.00202. The SMILES string of the molecule is CC(C)(C)CCC(=O)C(=O)C(=O)OCc1ccccc1. The first-order valence-electron chi connectivity index (χ1n) is 6.58. The summed E-state index contributed by atoms with van der Waals surface area (Å²) in [6, 6.07) is 9.00. The number of ketones is 2. The highest BCUT2D eigenvalue weighted by molar-refractivity contribution is 6.62.